The summed E-state index contributed by atoms with van der Waals surface area (Å²) in [5, 5.41) is 0. The van der Waals surface area contributed by atoms with Gasteiger partial charge in [-0.05, 0) is 83.3 Å². The zero-order valence-corrected chi connectivity index (χ0v) is 25.7. The molecule has 0 aliphatic carbocycles. The number of unbranched alkanes of at least 4 members (excludes halogenated alkanes) is 1. The van der Waals surface area contributed by atoms with Gasteiger partial charge in [0.2, 0.25) is 0 Å². The highest BCUT2D eigenvalue weighted by molar-refractivity contribution is 6.38. The first-order valence-electron chi connectivity index (χ1n) is 14.6. The van der Waals surface area contributed by atoms with Crippen molar-refractivity contribution in [2.24, 2.45) is 0 Å². The molecular formula is C36H36F3NO5. The van der Waals surface area contributed by atoms with E-state index in [0.29, 0.717) is 34.7 Å². The molecule has 0 aliphatic rings. The van der Waals surface area contributed by atoms with E-state index in [1.165, 1.54) is 29.2 Å². The minimum absolute atomic E-state index is 0.0600. The van der Waals surface area contributed by atoms with Crippen molar-refractivity contribution < 1.29 is 37.0 Å². The highest BCUT2D eigenvalue weighted by atomic mass is 19.4. The van der Waals surface area contributed by atoms with E-state index < -0.39 is 18.2 Å². The first-order chi connectivity index (χ1) is 21.3. The van der Waals surface area contributed by atoms with Gasteiger partial charge in [0, 0.05) is 6.54 Å². The maximum atomic E-state index is 13.4. The Labute approximate surface area is 261 Å². The fourth-order valence-electron chi connectivity index (χ4n) is 4.77. The lowest BCUT2D eigenvalue weighted by Crippen LogP contribution is -2.38. The fourth-order valence-corrected chi connectivity index (χ4v) is 4.77. The third-order valence-corrected chi connectivity index (χ3v) is 7.16. The van der Waals surface area contributed by atoms with Crippen LogP contribution in [0, 0.1) is 0 Å². The monoisotopic (exact) mass is 619 g/mol. The molecule has 0 N–H and O–H groups in total. The highest BCUT2D eigenvalue weighted by Gasteiger charge is 2.31. The third kappa shape index (κ3) is 9.35. The van der Waals surface area contributed by atoms with Gasteiger partial charge in [-0.15, -0.1) is 13.2 Å². The third-order valence-electron chi connectivity index (χ3n) is 7.16. The molecule has 0 atom stereocenters. The molecule has 0 unspecified atom stereocenters. The summed E-state index contributed by atoms with van der Waals surface area (Å²) in [6, 6.07) is 28.0. The Morgan fingerprint density at radius 3 is 1.98 bits per heavy atom. The van der Waals surface area contributed by atoms with Crippen molar-refractivity contribution in [2.75, 3.05) is 18.6 Å². The Bertz CT molecular complexity index is 1580. The summed E-state index contributed by atoms with van der Waals surface area (Å²) in [4.78, 5) is 27.3. The van der Waals surface area contributed by atoms with E-state index in [2.05, 4.69) is 25.5 Å². The molecule has 0 radical (unpaired) electrons. The van der Waals surface area contributed by atoms with Crippen molar-refractivity contribution in [2.45, 2.75) is 51.8 Å². The standard InChI is InChI=1S/C36H36F3NO5/c1-35(2,3)28-16-20-29(21-17-28)44-32-22-15-27(26-13-18-30(19-14-26)45-36(37,38)39)24-31(32)40(33(41)34(42)43-4)23-9-8-12-25-10-6-5-7-11-25/h5-7,10-11,13-22,24H,8-9,12,23H2,1-4H3. The van der Waals surface area contributed by atoms with Crippen molar-refractivity contribution in [3.05, 3.63) is 108 Å². The average molecular weight is 620 g/mol. The zero-order chi connectivity index (χ0) is 32.6. The predicted octanol–water partition coefficient (Wildman–Crippen LogP) is 8.87. The number of ether oxygens (including phenoxy) is 3. The van der Waals surface area contributed by atoms with E-state index >= 15 is 0 Å². The van der Waals surface area contributed by atoms with E-state index in [1.54, 1.807) is 18.2 Å². The number of carbonyl (C=O) groups is 2. The number of aryl methyl sites for hydroxylation is 1. The fraction of sp³-hybridized carbons (Fsp3) is 0.278. The molecule has 4 rings (SSSR count). The molecular weight excluding hydrogens is 583 g/mol. The maximum Gasteiger partial charge on any atom is 0.573 e. The average Bonchev–Trinajstić information content (AvgIpc) is 3.01. The molecule has 0 fully saturated rings. The predicted molar refractivity (Wildman–Crippen MR) is 168 cm³/mol. The van der Waals surface area contributed by atoms with Gasteiger partial charge in [-0.1, -0.05) is 81.4 Å². The summed E-state index contributed by atoms with van der Waals surface area (Å²) in [5.41, 5.74) is 3.69. The van der Waals surface area contributed by atoms with Crippen LogP contribution in [0.5, 0.6) is 17.2 Å². The van der Waals surface area contributed by atoms with Crippen LogP contribution >= 0.6 is 0 Å². The lowest BCUT2D eigenvalue weighted by atomic mass is 9.87. The number of anilines is 1. The second kappa shape index (κ2) is 14.3. The van der Waals surface area contributed by atoms with Crippen LogP contribution in [0.15, 0.2) is 97.1 Å². The molecule has 45 heavy (non-hydrogen) atoms. The number of hydrogen-bond acceptors (Lipinski definition) is 5. The van der Waals surface area contributed by atoms with Gasteiger partial charge in [0.25, 0.3) is 0 Å². The summed E-state index contributed by atoms with van der Waals surface area (Å²) in [6.07, 6.45) is -2.70. The van der Waals surface area contributed by atoms with Crippen LogP contribution in [0.3, 0.4) is 0 Å². The summed E-state index contributed by atoms with van der Waals surface area (Å²) in [7, 11) is 1.14. The SMILES string of the molecule is COC(=O)C(=O)N(CCCCc1ccccc1)c1cc(-c2ccc(OC(F)(F)F)cc2)ccc1Oc1ccc(C(C)(C)C)cc1. The summed E-state index contributed by atoms with van der Waals surface area (Å²) < 4.78 is 53.1. The van der Waals surface area contributed by atoms with Crippen molar-refractivity contribution in [3.63, 3.8) is 0 Å². The smallest absolute Gasteiger partial charge is 0.462 e. The number of hydrogen-bond donors (Lipinski definition) is 0. The number of amides is 1. The largest absolute Gasteiger partial charge is 0.573 e. The quantitative estimate of drug-likeness (QED) is 0.101. The summed E-state index contributed by atoms with van der Waals surface area (Å²) in [5.74, 6) is -1.40. The number of rotatable bonds is 10. The van der Waals surface area contributed by atoms with E-state index in [9.17, 15) is 22.8 Å². The Morgan fingerprint density at radius 1 is 0.756 bits per heavy atom. The lowest BCUT2D eigenvalue weighted by Gasteiger charge is -2.25. The Balaban J connectivity index is 1.70. The molecule has 6 nitrogen and oxygen atoms in total. The van der Waals surface area contributed by atoms with Crippen molar-refractivity contribution in [1.29, 1.82) is 0 Å². The topological polar surface area (TPSA) is 65.1 Å². The first kappa shape index (κ1) is 33.1. The molecule has 4 aromatic rings. The molecule has 1 amide bonds. The number of nitrogens with zero attached hydrogens (tertiary/aromatic N) is 1. The molecule has 9 heteroatoms. The number of carbonyl (C=O) groups excluding carboxylic acids is 2. The Morgan fingerprint density at radius 2 is 1.38 bits per heavy atom. The minimum atomic E-state index is -4.81. The van der Waals surface area contributed by atoms with Crippen molar-refractivity contribution >= 4 is 17.6 Å². The molecule has 0 bridgehead atoms. The van der Waals surface area contributed by atoms with E-state index in [4.69, 9.17) is 9.47 Å². The molecule has 0 heterocycles. The van der Waals surface area contributed by atoms with Gasteiger partial charge < -0.3 is 14.2 Å². The number of alkyl halides is 3. The number of methoxy groups -OCH3 is 1. The Hall–Kier alpha value is -4.79. The summed E-state index contributed by atoms with van der Waals surface area (Å²) >= 11 is 0. The van der Waals surface area contributed by atoms with Crippen LogP contribution in [0.2, 0.25) is 0 Å². The molecule has 236 valence electrons. The van der Waals surface area contributed by atoms with Crippen LogP contribution in [0.25, 0.3) is 11.1 Å². The molecule has 0 aliphatic heterocycles. The molecule has 0 spiro atoms. The summed E-state index contributed by atoms with van der Waals surface area (Å²) in [6.45, 7) is 6.52. The van der Waals surface area contributed by atoms with Gasteiger partial charge in [-0.2, -0.15) is 0 Å². The number of halogens is 3. The second-order valence-corrected chi connectivity index (χ2v) is 11.5. The number of esters is 1. The van der Waals surface area contributed by atoms with E-state index in [-0.39, 0.29) is 17.7 Å². The maximum absolute atomic E-state index is 13.4. The van der Waals surface area contributed by atoms with Gasteiger partial charge >= 0.3 is 18.2 Å². The van der Waals surface area contributed by atoms with Gasteiger partial charge in [0.1, 0.15) is 11.5 Å². The van der Waals surface area contributed by atoms with Crippen LogP contribution in [-0.4, -0.2) is 31.9 Å². The van der Waals surface area contributed by atoms with E-state index in [0.717, 1.165) is 31.1 Å². The Kier molecular flexibility index (Phi) is 10.5. The molecule has 0 aromatic heterocycles. The molecule has 0 saturated carbocycles. The van der Waals surface area contributed by atoms with Crippen LogP contribution < -0.4 is 14.4 Å². The van der Waals surface area contributed by atoms with Crippen LogP contribution in [0.1, 0.15) is 44.7 Å². The van der Waals surface area contributed by atoms with Gasteiger partial charge in [0.05, 0.1) is 12.8 Å². The van der Waals surface area contributed by atoms with Crippen LogP contribution in [-0.2, 0) is 26.2 Å². The molecule has 4 aromatic carbocycles. The lowest BCUT2D eigenvalue weighted by molar-refractivity contribution is -0.274. The minimum Gasteiger partial charge on any atom is -0.462 e. The second-order valence-electron chi connectivity index (χ2n) is 11.5. The zero-order valence-electron chi connectivity index (χ0n) is 25.7. The highest BCUT2D eigenvalue weighted by Crippen LogP contribution is 2.38. The normalized spacial score (nSPS) is 11.5. The number of benzene rings is 4. The van der Waals surface area contributed by atoms with Gasteiger partial charge in [-0.3, -0.25) is 9.69 Å². The van der Waals surface area contributed by atoms with Gasteiger partial charge in [-0.25, -0.2) is 4.79 Å². The van der Waals surface area contributed by atoms with E-state index in [1.807, 2.05) is 54.6 Å². The van der Waals surface area contributed by atoms with Crippen molar-refractivity contribution in [3.8, 4) is 28.4 Å². The molecule has 0 saturated heterocycles. The first-order valence-corrected chi connectivity index (χ1v) is 14.6. The van der Waals surface area contributed by atoms with Gasteiger partial charge in [0.15, 0.2) is 5.75 Å². The van der Waals surface area contributed by atoms with Crippen LogP contribution in [0.4, 0.5) is 18.9 Å². The van der Waals surface area contributed by atoms with Crippen molar-refractivity contribution in [1.82, 2.24) is 0 Å².